The highest BCUT2D eigenvalue weighted by Gasteiger charge is 2.09. The first-order valence-electron chi connectivity index (χ1n) is 6.92. The standard InChI is InChI=1S/C17H13ClN4O/c1-23-16-6-11(4-5-20-16)9-22-17-12(8-19)10-21-15-3-2-13(18)7-14(15)17/h2-7,10H,9H2,1H3,(H,21,22). The number of nitriles is 1. The van der Waals surface area contributed by atoms with Crippen LogP contribution in [-0.2, 0) is 6.54 Å². The molecular weight excluding hydrogens is 312 g/mol. The normalized spacial score (nSPS) is 10.3. The molecule has 3 aromatic rings. The molecule has 0 aliphatic heterocycles. The van der Waals surface area contributed by atoms with Gasteiger partial charge in [0.1, 0.15) is 6.07 Å². The number of hydrogen-bond donors (Lipinski definition) is 1. The van der Waals surface area contributed by atoms with Crippen LogP contribution in [0, 0.1) is 11.3 Å². The molecule has 2 aromatic heterocycles. The highest BCUT2D eigenvalue weighted by molar-refractivity contribution is 6.31. The van der Waals surface area contributed by atoms with Crippen LogP contribution < -0.4 is 10.1 Å². The number of hydrogen-bond acceptors (Lipinski definition) is 5. The Labute approximate surface area is 138 Å². The zero-order valence-electron chi connectivity index (χ0n) is 12.4. The molecule has 0 amide bonds. The number of benzene rings is 1. The predicted molar refractivity (Wildman–Crippen MR) is 89.6 cm³/mol. The summed E-state index contributed by atoms with van der Waals surface area (Å²) in [6, 6.07) is 11.3. The van der Waals surface area contributed by atoms with Gasteiger partial charge in [-0.1, -0.05) is 11.6 Å². The Morgan fingerprint density at radius 1 is 1.26 bits per heavy atom. The first-order valence-corrected chi connectivity index (χ1v) is 7.30. The van der Waals surface area contributed by atoms with Gasteiger partial charge < -0.3 is 10.1 Å². The smallest absolute Gasteiger partial charge is 0.213 e. The number of pyridine rings is 2. The Bertz CT molecular complexity index is 905. The van der Waals surface area contributed by atoms with E-state index < -0.39 is 0 Å². The van der Waals surface area contributed by atoms with Gasteiger partial charge >= 0.3 is 0 Å². The second kappa shape index (κ2) is 6.51. The molecule has 0 spiro atoms. The summed E-state index contributed by atoms with van der Waals surface area (Å²) in [4.78, 5) is 8.36. The van der Waals surface area contributed by atoms with E-state index in [1.165, 1.54) is 0 Å². The van der Waals surface area contributed by atoms with Crippen LogP contribution in [0.1, 0.15) is 11.1 Å². The van der Waals surface area contributed by atoms with Crippen LogP contribution in [0.15, 0.2) is 42.7 Å². The van der Waals surface area contributed by atoms with Gasteiger partial charge in [0.05, 0.1) is 23.9 Å². The molecule has 0 aliphatic rings. The van der Waals surface area contributed by atoms with E-state index >= 15 is 0 Å². The summed E-state index contributed by atoms with van der Waals surface area (Å²) in [5.74, 6) is 0.549. The van der Waals surface area contributed by atoms with E-state index in [0.29, 0.717) is 23.0 Å². The number of aromatic nitrogens is 2. The minimum absolute atomic E-state index is 0.473. The van der Waals surface area contributed by atoms with Crippen LogP contribution in [-0.4, -0.2) is 17.1 Å². The van der Waals surface area contributed by atoms with Crippen molar-refractivity contribution in [3.8, 4) is 11.9 Å². The van der Waals surface area contributed by atoms with Gasteiger partial charge in [-0.05, 0) is 29.8 Å². The van der Waals surface area contributed by atoms with Crippen molar-refractivity contribution >= 4 is 28.2 Å². The first-order chi connectivity index (χ1) is 11.2. The third kappa shape index (κ3) is 3.17. The lowest BCUT2D eigenvalue weighted by atomic mass is 10.1. The largest absolute Gasteiger partial charge is 0.481 e. The summed E-state index contributed by atoms with van der Waals surface area (Å²) in [5, 5.41) is 14.0. The Morgan fingerprint density at radius 2 is 2.13 bits per heavy atom. The number of fused-ring (bicyclic) bond motifs is 1. The van der Waals surface area contributed by atoms with Crippen molar-refractivity contribution in [1.82, 2.24) is 9.97 Å². The summed E-state index contributed by atoms with van der Waals surface area (Å²) < 4.78 is 5.12. The van der Waals surface area contributed by atoms with Gasteiger partial charge in [-0.25, -0.2) is 4.98 Å². The number of anilines is 1. The van der Waals surface area contributed by atoms with E-state index in [-0.39, 0.29) is 0 Å². The summed E-state index contributed by atoms with van der Waals surface area (Å²) in [5.41, 5.74) is 2.97. The predicted octanol–water partition coefficient (Wildman–Crippen LogP) is 3.78. The van der Waals surface area contributed by atoms with Crippen molar-refractivity contribution in [3.05, 3.63) is 58.9 Å². The monoisotopic (exact) mass is 324 g/mol. The van der Waals surface area contributed by atoms with Crippen molar-refractivity contribution in [3.63, 3.8) is 0 Å². The van der Waals surface area contributed by atoms with Crippen molar-refractivity contribution in [2.24, 2.45) is 0 Å². The Morgan fingerprint density at radius 3 is 2.91 bits per heavy atom. The van der Waals surface area contributed by atoms with E-state index in [1.54, 1.807) is 31.6 Å². The molecule has 1 aromatic carbocycles. The van der Waals surface area contributed by atoms with Gasteiger partial charge in [0, 0.05) is 35.4 Å². The molecule has 2 heterocycles. The number of nitrogens with one attached hydrogen (secondary N) is 1. The summed E-state index contributed by atoms with van der Waals surface area (Å²) in [6.45, 7) is 0.527. The van der Waals surface area contributed by atoms with Crippen molar-refractivity contribution in [1.29, 1.82) is 5.26 Å². The molecule has 5 nitrogen and oxygen atoms in total. The molecule has 0 fully saturated rings. The molecule has 0 aliphatic carbocycles. The van der Waals surface area contributed by atoms with E-state index in [9.17, 15) is 5.26 Å². The maximum atomic E-state index is 9.33. The van der Waals surface area contributed by atoms with Crippen molar-refractivity contribution in [2.75, 3.05) is 12.4 Å². The van der Waals surface area contributed by atoms with Gasteiger partial charge in [0.25, 0.3) is 0 Å². The molecule has 0 saturated carbocycles. The second-order valence-electron chi connectivity index (χ2n) is 4.88. The zero-order valence-corrected chi connectivity index (χ0v) is 13.1. The Balaban J connectivity index is 1.98. The lowest BCUT2D eigenvalue weighted by Crippen LogP contribution is -2.03. The molecule has 0 radical (unpaired) electrons. The lowest BCUT2D eigenvalue weighted by Gasteiger charge is -2.12. The Kier molecular flexibility index (Phi) is 4.26. The molecule has 0 saturated heterocycles. The molecule has 1 N–H and O–H groups in total. The molecule has 0 bridgehead atoms. The van der Waals surface area contributed by atoms with E-state index in [4.69, 9.17) is 16.3 Å². The quantitative estimate of drug-likeness (QED) is 0.791. The fraction of sp³-hybridized carbons (Fsp3) is 0.118. The fourth-order valence-corrected chi connectivity index (χ4v) is 2.47. The fourth-order valence-electron chi connectivity index (χ4n) is 2.30. The number of halogens is 1. The van der Waals surface area contributed by atoms with Gasteiger partial charge in [-0.3, -0.25) is 4.98 Å². The number of nitrogens with zero attached hydrogens (tertiary/aromatic N) is 3. The molecule has 0 unspecified atom stereocenters. The summed E-state index contributed by atoms with van der Waals surface area (Å²) >= 11 is 6.08. The summed E-state index contributed by atoms with van der Waals surface area (Å²) in [7, 11) is 1.58. The molecular formula is C17H13ClN4O. The van der Waals surface area contributed by atoms with Gasteiger partial charge in [-0.2, -0.15) is 5.26 Å². The molecule has 23 heavy (non-hydrogen) atoms. The van der Waals surface area contributed by atoms with Crippen LogP contribution in [0.2, 0.25) is 5.02 Å². The third-order valence-electron chi connectivity index (χ3n) is 3.43. The molecule has 0 atom stereocenters. The first kappa shape index (κ1) is 15.1. The minimum atomic E-state index is 0.473. The maximum absolute atomic E-state index is 9.33. The van der Waals surface area contributed by atoms with Crippen LogP contribution in [0.5, 0.6) is 5.88 Å². The average molecular weight is 325 g/mol. The maximum Gasteiger partial charge on any atom is 0.213 e. The lowest BCUT2D eigenvalue weighted by molar-refractivity contribution is 0.397. The molecule has 3 rings (SSSR count). The van der Waals surface area contributed by atoms with Crippen LogP contribution in [0.4, 0.5) is 5.69 Å². The Hall–Kier alpha value is -2.84. The van der Waals surface area contributed by atoms with Crippen LogP contribution in [0.3, 0.4) is 0 Å². The van der Waals surface area contributed by atoms with E-state index in [0.717, 1.165) is 22.2 Å². The topological polar surface area (TPSA) is 70.8 Å². The highest BCUT2D eigenvalue weighted by Crippen LogP contribution is 2.28. The number of rotatable bonds is 4. The SMILES string of the molecule is COc1cc(CNc2c(C#N)cnc3ccc(Cl)cc23)ccn1. The number of ether oxygens (including phenoxy) is 1. The minimum Gasteiger partial charge on any atom is -0.481 e. The van der Waals surface area contributed by atoms with Gasteiger partial charge in [0.2, 0.25) is 5.88 Å². The summed E-state index contributed by atoms with van der Waals surface area (Å²) in [6.07, 6.45) is 3.24. The molecule has 114 valence electrons. The number of methoxy groups -OCH3 is 1. The van der Waals surface area contributed by atoms with Gasteiger partial charge in [0.15, 0.2) is 0 Å². The highest BCUT2D eigenvalue weighted by atomic mass is 35.5. The van der Waals surface area contributed by atoms with Crippen LogP contribution >= 0.6 is 11.6 Å². The zero-order chi connectivity index (χ0) is 16.2. The van der Waals surface area contributed by atoms with Crippen LogP contribution in [0.25, 0.3) is 10.9 Å². The van der Waals surface area contributed by atoms with Crippen molar-refractivity contribution in [2.45, 2.75) is 6.54 Å². The average Bonchev–Trinajstić information content (AvgIpc) is 2.59. The molecule has 6 heteroatoms. The van der Waals surface area contributed by atoms with Crippen molar-refractivity contribution < 1.29 is 4.74 Å². The van der Waals surface area contributed by atoms with E-state index in [2.05, 4.69) is 21.4 Å². The second-order valence-corrected chi connectivity index (χ2v) is 5.32. The van der Waals surface area contributed by atoms with E-state index in [1.807, 2.05) is 18.2 Å². The third-order valence-corrected chi connectivity index (χ3v) is 3.66. The van der Waals surface area contributed by atoms with Gasteiger partial charge in [-0.15, -0.1) is 0 Å².